The Morgan fingerprint density at radius 2 is 1.95 bits per heavy atom. The number of piperazine rings is 1. The molecule has 0 saturated carbocycles. The van der Waals surface area contributed by atoms with E-state index in [1.54, 1.807) is 0 Å². The van der Waals surface area contributed by atoms with Crippen molar-refractivity contribution in [2.45, 2.75) is 32.4 Å². The van der Waals surface area contributed by atoms with Crippen LogP contribution in [0.4, 0.5) is 0 Å². The van der Waals surface area contributed by atoms with Gasteiger partial charge in [0.25, 0.3) is 0 Å². The van der Waals surface area contributed by atoms with Crippen LogP contribution in [0.5, 0.6) is 0 Å². The molecule has 0 bridgehead atoms. The van der Waals surface area contributed by atoms with E-state index < -0.39 is 0 Å². The molecule has 2 rings (SSSR count). The first-order valence-electron chi connectivity index (χ1n) is 7.00. The van der Waals surface area contributed by atoms with Gasteiger partial charge in [-0.1, -0.05) is 31.2 Å². The summed E-state index contributed by atoms with van der Waals surface area (Å²) in [7, 11) is 0. The zero-order chi connectivity index (χ0) is 13.0. The Morgan fingerprint density at radius 3 is 2.50 bits per heavy atom. The lowest BCUT2D eigenvalue weighted by molar-refractivity contribution is 0.155. The van der Waals surface area contributed by atoms with Crippen molar-refractivity contribution >= 4 is 24.8 Å². The molecule has 116 valence electrons. The molecule has 5 heteroatoms. The van der Waals surface area contributed by atoms with E-state index in [9.17, 15) is 0 Å². The molecule has 1 aliphatic heterocycles. The SMILES string of the molecule is CCc1ccc(C2CNCCN2CC(C)N)cc1.Cl.Cl. The summed E-state index contributed by atoms with van der Waals surface area (Å²) in [6.45, 7) is 8.43. The molecule has 0 amide bonds. The zero-order valence-electron chi connectivity index (χ0n) is 12.3. The van der Waals surface area contributed by atoms with Crippen molar-refractivity contribution in [1.82, 2.24) is 10.2 Å². The monoisotopic (exact) mass is 319 g/mol. The molecule has 0 aromatic heterocycles. The van der Waals surface area contributed by atoms with Crippen molar-refractivity contribution in [2.24, 2.45) is 5.73 Å². The minimum atomic E-state index is 0. The van der Waals surface area contributed by atoms with Crippen LogP contribution in [-0.2, 0) is 6.42 Å². The lowest BCUT2D eigenvalue weighted by Gasteiger charge is -2.37. The Morgan fingerprint density at radius 1 is 1.30 bits per heavy atom. The summed E-state index contributed by atoms with van der Waals surface area (Å²) in [5.41, 5.74) is 8.75. The van der Waals surface area contributed by atoms with E-state index in [0.29, 0.717) is 6.04 Å². The summed E-state index contributed by atoms with van der Waals surface area (Å²) in [6.07, 6.45) is 1.10. The largest absolute Gasteiger partial charge is 0.327 e. The highest BCUT2D eigenvalue weighted by Crippen LogP contribution is 2.22. The van der Waals surface area contributed by atoms with Crippen molar-refractivity contribution in [3.05, 3.63) is 35.4 Å². The molecular weight excluding hydrogens is 293 g/mol. The van der Waals surface area contributed by atoms with Crippen LogP contribution < -0.4 is 11.1 Å². The molecule has 1 fully saturated rings. The minimum absolute atomic E-state index is 0. The van der Waals surface area contributed by atoms with Gasteiger partial charge in [-0.05, 0) is 24.5 Å². The molecule has 1 heterocycles. The number of aryl methyl sites for hydroxylation is 1. The summed E-state index contributed by atoms with van der Waals surface area (Å²) in [6, 6.07) is 9.73. The van der Waals surface area contributed by atoms with Gasteiger partial charge in [0, 0.05) is 38.3 Å². The van der Waals surface area contributed by atoms with E-state index in [4.69, 9.17) is 5.73 Å². The Balaban J connectivity index is 0.00000180. The van der Waals surface area contributed by atoms with Crippen LogP contribution in [0.15, 0.2) is 24.3 Å². The van der Waals surface area contributed by atoms with E-state index in [-0.39, 0.29) is 30.9 Å². The Hall–Kier alpha value is -0.320. The molecule has 2 unspecified atom stereocenters. The summed E-state index contributed by atoms with van der Waals surface area (Å²) >= 11 is 0. The fraction of sp³-hybridized carbons (Fsp3) is 0.600. The lowest BCUT2D eigenvalue weighted by Crippen LogP contribution is -2.49. The third-order valence-electron chi connectivity index (χ3n) is 3.65. The van der Waals surface area contributed by atoms with Gasteiger partial charge in [0.05, 0.1) is 0 Å². The first-order chi connectivity index (χ1) is 8.70. The average molecular weight is 320 g/mol. The molecule has 1 aromatic carbocycles. The fourth-order valence-corrected chi connectivity index (χ4v) is 2.64. The molecule has 3 nitrogen and oxygen atoms in total. The summed E-state index contributed by atoms with van der Waals surface area (Å²) in [5, 5.41) is 3.48. The molecule has 3 N–H and O–H groups in total. The first kappa shape index (κ1) is 19.7. The third kappa shape index (κ3) is 5.23. The average Bonchev–Trinajstić information content (AvgIpc) is 2.39. The van der Waals surface area contributed by atoms with Crippen LogP contribution in [0.25, 0.3) is 0 Å². The number of hydrogen-bond acceptors (Lipinski definition) is 3. The van der Waals surface area contributed by atoms with Gasteiger partial charge in [0.15, 0.2) is 0 Å². The van der Waals surface area contributed by atoms with Crippen molar-refractivity contribution in [2.75, 3.05) is 26.2 Å². The van der Waals surface area contributed by atoms with Gasteiger partial charge >= 0.3 is 0 Å². The van der Waals surface area contributed by atoms with Crippen LogP contribution >= 0.6 is 24.8 Å². The normalized spacial score (nSPS) is 20.6. The van der Waals surface area contributed by atoms with E-state index in [1.807, 2.05) is 0 Å². The summed E-state index contributed by atoms with van der Waals surface area (Å²) in [4.78, 5) is 2.50. The number of nitrogens with zero attached hydrogens (tertiary/aromatic N) is 1. The minimum Gasteiger partial charge on any atom is -0.327 e. The number of halogens is 2. The van der Waals surface area contributed by atoms with Crippen molar-refractivity contribution in [3.8, 4) is 0 Å². The predicted molar refractivity (Wildman–Crippen MR) is 91.1 cm³/mol. The maximum Gasteiger partial charge on any atom is 0.0473 e. The first-order valence-corrected chi connectivity index (χ1v) is 7.00. The number of nitrogens with two attached hydrogens (primary N) is 1. The van der Waals surface area contributed by atoms with Crippen molar-refractivity contribution in [3.63, 3.8) is 0 Å². The van der Waals surface area contributed by atoms with Crippen LogP contribution in [0.2, 0.25) is 0 Å². The molecule has 0 radical (unpaired) electrons. The molecular formula is C15H27Cl2N3. The maximum atomic E-state index is 5.95. The van der Waals surface area contributed by atoms with Crippen molar-refractivity contribution < 1.29 is 0 Å². The smallest absolute Gasteiger partial charge is 0.0473 e. The molecule has 1 aromatic rings. The predicted octanol–water partition coefficient (Wildman–Crippen LogP) is 2.39. The number of nitrogens with one attached hydrogen (secondary N) is 1. The van der Waals surface area contributed by atoms with E-state index in [0.717, 1.165) is 32.6 Å². The Labute approximate surface area is 135 Å². The second-order valence-electron chi connectivity index (χ2n) is 5.29. The molecule has 0 spiro atoms. The van der Waals surface area contributed by atoms with Crippen LogP contribution in [0.1, 0.15) is 31.0 Å². The molecule has 2 atom stereocenters. The van der Waals surface area contributed by atoms with Gasteiger partial charge in [-0.2, -0.15) is 0 Å². The highest BCUT2D eigenvalue weighted by atomic mass is 35.5. The van der Waals surface area contributed by atoms with E-state index >= 15 is 0 Å². The highest BCUT2D eigenvalue weighted by molar-refractivity contribution is 5.85. The number of hydrogen-bond donors (Lipinski definition) is 2. The van der Waals surface area contributed by atoms with Crippen LogP contribution in [0, 0.1) is 0 Å². The topological polar surface area (TPSA) is 41.3 Å². The zero-order valence-corrected chi connectivity index (χ0v) is 14.0. The van der Waals surface area contributed by atoms with E-state index in [2.05, 4.69) is 48.3 Å². The summed E-state index contributed by atoms with van der Waals surface area (Å²) < 4.78 is 0. The lowest BCUT2D eigenvalue weighted by atomic mass is 10.0. The second kappa shape index (κ2) is 9.59. The van der Waals surface area contributed by atoms with Gasteiger partial charge in [-0.15, -0.1) is 24.8 Å². The van der Waals surface area contributed by atoms with Crippen LogP contribution in [-0.4, -0.2) is 37.1 Å². The maximum absolute atomic E-state index is 5.95. The van der Waals surface area contributed by atoms with Crippen molar-refractivity contribution in [1.29, 1.82) is 0 Å². The third-order valence-corrected chi connectivity index (χ3v) is 3.65. The van der Waals surface area contributed by atoms with Gasteiger partial charge < -0.3 is 11.1 Å². The van der Waals surface area contributed by atoms with Gasteiger partial charge in [0.1, 0.15) is 0 Å². The Kier molecular flexibility index (Phi) is 9.43. The van der Waals surface area contributed by atoms with Gasteiger partial charge in [-0.25, -0.2) is 0 Å². The standard InChI is InChI=1S/C15H25N3.2ClH/c1-3-13-4-6-14(7-5-13)15-10-17-8-9-18(15)11-12(2)16;;/h4-7,12,15,17H,3,8-11,16H2,1-2H3;2*1H. The Bertz CT molecular complexity index is 368. The van der Waals surface area contributed by atoms with Crippen LogP contribution in [0.3, 0.4) is 0 Å². The number of rotatable bonds is 4. The molecule has 20 heavy (non-hydrogen) atoms. The fourth-order valence-electron chi connectivity index (χ4n) is 2.64. The molecule has 1 aliphatic rings. The van der Waals surface area contributed by atoms with Gasteiger partial charge in [-0.3, -0.25) is 4.90 Å². The van der Waals surface area contributed by atoms with E-state index in [1.165, 1.54) is 11.1 Å². The molecule has 1 saturated heterocycles. The molecule has 0 aliphatic carbocycles. The quantitative estimate of drug-likeness (QED) is 0.895. The number of benzene rings is 1. The summed E-state index contributed by atoms with van der Waals surface area (Å²) in [5.74, 6) is 0. The second-order valence-corrected chi connectivity index (χ2v) is 5.29. The van der Waals surface area contributed by atoms with Gasteiger partial charge in [0.2, 0.25) is 0 Å². The highest BCUT2D eigenvalue weighted by Gasteiger charge is 2.23.